The second-order valence-corrected chi connectivity index (χ2v) is 7.33. The number of thioether (sulfide) groups is 1. The van der Waals surface area contributed by atoms with Gasteiger partial charge in [-0.25, -0.2) is 14.6 Å². The summed E-state index contributed by atoms with van der Waals surface area (Å²) in [5.41, 5.74) is 3.23. The first kappa shape index (κ1) is 14.7. The summed E-state index contributed by atoms with van der Waals surface area (Å²) in [6.45, 7) is 4.49. The molecule has 2 aliphatic rings. The number of aryl methyl sites for hydroxylation is 2. The third kappa shape index (κ3) is 2.97. The highest BCUT2D eigenvalue weighted by Crippen LogP contribution is 2.24. The maximum absolute atomic E-state index is 12.2. The second kappa shape index (κ2) is 5.96. The van der Waals surface area contributed by atoms with Crippen LogP contribution in [0.3, 0.4) is 0 Å². The molecule has 0 N–H and O–H groups in total. The standard InChI is InChI=1S/C16H19N5OS/c1-11-4-15(18-10-17-11)20-6-12(7-20)8-21-16(22)5-13-9-23-3-2-14(13)19-21/h4-5,10,12H,2-3,6-9H2,1H3. The minimum atomic E-state index is 0.0302. The highest BCUT2D eigenvalue weighted by atomic mass is 32.2. The summed E-state index contributed by atoms with van der Waals surface area (Å²) in [6, 6.07) is 3.77. The summed E-state index contributed by atoms with van der Waals surface area (Å²) < 4.78 is 1.65. The number of aromatic nitrogens is 4. The van der Waals surface area contributed by atoms with Crippen molar-refractivity contribution in [3.8, 4) is 0 Å². The second-order valence-electron chi connectivity index (χ2n) is 6.23. The van der Waals surface area contributed by atoms with E-state index in [1.807, 2.05) is 24.8 Å². The number of hydrogen-bond acceptors (Lipinski definition) is 6. The van der Waals surface area contributed by atoms with E-state index in [4.69, 9.17) is 0 Å². The predicted octanol–water partition coefficient (Wildman–Crippen LogP) is 1.27. The van der Waals surface area contributed by atoms with E-state index in [2.05, 4.69) is 20.0 Å². The van der Waals surface area contributed by atoms with E-state index < -0.39 is 0 Å². The van der Waals surface area contributed by atoms with Crippen molar-refractivity contribution in [3.63, 3.8) is 0 Å². The lowest BCUT2D eigenvalue weighted by molar-refractivity contribution is 0.331. The Morgan fingerprint density at radius 2 is 2.17 bits per heavy atom. The molecule has 23 heavy (non-hydrogen) atoms. The van der Waals surface area contributed by atoms with Crippen molar-refractivity contribution in [1.82, 2.24) is 19.7 Å². The van der Waals surface area contributed by atoms with Gasteiger partial charge in [0.1, 0.15) is 12.1 Å². The molecule has 0 atom stereocenters. The molecule has 0 amide bonds. The Morgan fingerprint density at radius 1 is 1.30 bits per heavy atom. The molecule has 4 heterocycles. The Kier molecular flexibility index (Phi) is 3.80. The fourth-order valence-electron chi connectivity index (χ4n) is 3.11. The Bertz CT molecular complexity index is 784. The zero-order valence-corrected chi connectivity index (χ0v) is 13.9. The van der Waals surface area contributed by atoms with Crippen LogP contribution >= 0.6 is 11.8 Å². The molecular weight excluding hydrogens is 310 g/mol. The van der Waals surface area contributed by atoms with Crippen molar-refractivity contribution in [3.05, 3.63) is 45.8 Å². The van der Waals surface area contributed by atoms with Gasteiger partial charge in [-0.1, -0.05) is 0 Å². The molecule has 0 unspecified atom stereocenters. The largest absolute Gasteiger partial charge is 0.356 e. The molecule has 4 rings (SSSR count). The normalized spacial score (nSPS) is 17.7. The summed E-state index contributed by atoms with van der Waals surface area (Å²) in [7, 11) is 0. The summed E-state index contributed by atoms with van der Waals surface area (Å²) in [5.74, 6) is 3.44. The topological polar surface area (TPSA) is 63.9 Å². The van der Waals surface area contributed by atoms with Crippen LogP contribution in [-0.4, -0.2) is 38.6 Å². The van der Waals surface area contributed by atoms with Gasteiger partial charge in [-0.3, -0.25) is 4.79 Å². The lowest BCUT2D eigenvalue weighted by atomic mass is 10.0. The van der Waals surface area contributed by atoms with E-state index in [0.29, 0.717) is 12.5 Å². The molecule has 0 aliphatic carbocycles. The number of rotatable bonds is 3. The van der Waals surface area contributed by atoms with Crippen LogP contribution in [0.15, 0.2) is 23.3 Å². The highest BCUT2D eigenvalue weighted by Gasteiger charge is 2.29. The van der Waals surface area contributed by atoms with Crippen molar-refractivity contribution in [1.29, 1.82) is 0 Å². The monoisotopic (exact) mass is 329 g/mol. The SMILES string of the molecule is Cc1cc(N2CC(Cn3nc4c(cc3=O)CSCC4)C2)ncn1. The van der Waals surface area contributed by atoms with Gasteiger partial charge in [0, 0.05) is 49.0 Å². The Labute approximate surface area is 138 Å². The maximum atomic E-state index is 12.2. The van der Waals surface area contributed by atoms with Crippen LogP contribution in [0.25, 0.3) is 0 Å². The molecule has 2 aliphatic heterocycles. The van der Waals surface area contributed by atoms with Crippen LogP contribution in [-0.2, 0) is 18.7 Å². The van der Waals surface area contributed by atoms with Crippen LogP contribution in [0.5, 0.6) is 0 Å². The fourth-order valence-corrected chi connectivity index (χ4v) is 4.07. The molecule has 0 aromatic carbocycles. The first-order valence-corrected chi connectivity index (χ1v) is 9.06. The van der Waals surface area contributed by atoms with Crippen LogP contribution in [0.1, 0.15) is 17.0 Å². The van der Waals surface area contributed by atoms with Crippen LogP contribution in [0, 0.1) is 12.8 Å². The third-order valence-electron chi connectivity index (χ3n) is 4.41. The molecule has 2 aromatic rings. The van der Waals surface area contributed by atoms with E-state index in [9.17, 15) is 4.79 Å². The average Bonchev–Trinajstić information content (AvgIpc) is 2.50. The third-order valence-corrected chi connectivity index (χ3v) is 5.41. The number of hydrogen-bond donors (Lipinski definition) is 0. The van der Waals surface area contributed by atoms with Gasteiger partial charge in [-0.15, -0.1) is 0 Å². The summed E-state index contributed by atoms with van der Waals surface area (Å²) >= 11 is 1.87. The van der Waals surface area contributed by atoms with Gasteiger partial charge in [-0.2, -0.15) is 16.9 Å². The first-order chi connectivity index (χ1) is 11.2. The Balaban J connectivity index is 1.43. The zero-order chi connectivity index (χ0) is 15.8. The summed E-state index contributed by atoms with van der Waals surface area (Å²) in [4.78, 5) is 22.9. The number of nitrogens with zero attached hydrogens (tertiary/aromatic N) is 5. The van der Waals surface area contributed by atoms with Crippen LogP contribution < -0.4 is 10.5 Å². The van der Waals surface area contributed by atoms with E-state index in [1.54, 1.807) is 17.1 Å². The molecule has 0 spiro atoms. The van der Waals surface area contributed by atoms with E-state index in [1.165, 1.54) is 0 Å². The molecule has 7 heteroatoms. The summed E-state index contributed by atoms with van der Waals surface area (Å²) in [6.07, 6.45) is 2.57. The molecule has 0 radical (unpaired) electrons. The minimum Gasteiger partial charge on any atom is -0.356 e. The molecule has 6 nitrogen and oxygen atoms in total. The number of anilines is 1. The molecule has 0 bridgehead atoms. The van der Waals surface area contributed by atoms with Gasteiger partial charge < -0.3 is 4.90 Å². The van der Waals surface area contributed by atoms with Crippen LogP contribution in [0.4, 0.5) is 5.82 Å². The van der Waals surface area contributed by atoms with Gasteiger partial charge >= 0.3 is 0 Å². The van der Waals surface area contributed by atoms with Crippen molar-refractivity contribution in [2.24, 2.45) is 5.92 Å². The Morgan fingerprint density at radius 3 is 3.00 bits per heavy atom. The fraction of sp³-hybridized carbons (Fsp3) is 0.500. The van der Waals surface area contributed by atoms with Gasteiger partial charge in [-0.05, 0) is 18.2 Å². The van der Waals surface area contributed by atoms with Crippen molar-refractivity contribution >= 4 is 17.6 Å². The van der Waals surface area contributed by atoms with Gasteiger partial charge in [0.25, 0.3) is 5.56 Å². The Hall–Kier alpha value is -1.89. The van der Waals surface area contributed by atoms with Gasteiger partial charge in [0.05, 0.1) is 12.2 Å². The zero-order valence-electron chi connectivity index (χ0n) is 13.1. The quantitative estimate of drug-likeness (QED) is 0.845. The predicted molar refractivity (Wildman–Crippen MR) is 90.8 cm³/mol. The van der Waals surface area contributed by atoms with Crippen molar-refractivity contribution in [2.75, 3.05) is 23.7 Å². The average molecular weight is 329 g/mol. The minimum absolute atomic E-state index is 0.0302. The highest BCUT2D eigenvalue weighted by molar-refractivity contribution is 7.98. The molecule has 2 aromatic heterocycles. The summed E-state index contributed by atoms with van der Waals surface area (Å²) in [5, 5.41) is 4.59. The van der Waals surface area contributed by atoms with E-state index >= 15 is 0 Å². The number of fused-ring (bicyclic) bond motifs is 1. The lowest BCUT2D eigenvalue weighted by Gasteiger charge is -2.40. The van der Waals surface area contributed by atoms with Gasteiger partial charge in [0.2, 0.25) is 0 Å². The van der Waals surface area contributed by atoms with Crippen molar-refractivity contribution in [2.45, 2.75) is 25.6 Å². The molecule has 1 saturated heterocycles. The molecule has 120 valence electrons. The van der Waals surface area contributed by atoms with E-state index in [-0.39, 0.29) is 5.56 Å². The van der Waals surface area contributed by atoms with Gasteiger partial charge in [0.15, 0.2) is 0 Å². The molecular formula is C16H19N5OS. The maximum Gasteiger partial charge on any atom is 0.267 e. The molecule has 1 fully saturated rings. The lowest BCUT2D eigenvalue weighted by Crippen LogP contribution is -2.50. The van der Waals surface area contributed by atoms with Crippen molar-refractivity contribution < 1.29 is 0 Å². The molecule has 0 saturated carbocycles. The first-order valence-electron chi connectivity index (χ1n) is 7.90. The van der Waals surface area contributed by atoms with Crippen LogP contribution in [0.2, 0.25) is 0 Å². The van der Waals surface area contributed by atoms with E-state index in [0.717, 1.165) is 53.8 Å². The smallest absolute Gasteiger partial charge is 0.267 e.